The monoisotopic (exact) mass is 386 g/mol. The molecule has 4 nitrogen and oxygen atoms in total. The van der Waals surface area contributed by atoms with Gasteiger partial charge in [-0.2, -0.15) is 0 Å². The molecule has 3 rings (SSSR count). The number of nitrogens with zero attached hydrogens (tertiary/aromatic N) is 1. The number of benzene rings is 2. The number of halogens is 1. The lowest BCUT2D eigenvalue weighted by Crippen LogP contribution is -2.28. The Morgan fingerprint density at radius 1 is 1.19 bits per heavy atom. The van der Waals surface area contributed by atoms with Crippen molar-refractivity contribution in [2.24, 2.45) is 0 Å². The van der Waals surface area contributed by atoms with Gasteiger partial charge in [-0.05, 0) is 55.6 Å². The summed E-state index contributed by atoms with van der Waals surface area (Å²) in [6.07, 6.45) is 2.65. The third-order valence-corrected chi connectivity index (χ3v) is 5.17. The molecule has 0 unspecified atom stereocenters. The van der Waals surface area contributed by atoms with Gasteiger partial charge < -0.3 is 15.0 Å². The molecule has 1 fully saturated rings. The molecule has 1 heterocycles. The van der Waals surface area contributed by atoms with Crippen LogP contribution in [0.15, 0.2) is 42.5 Å². The van der Waals surface area contributed by atoms with Gasteiger partial charge in [-0.15, -0.1) is 0 Å². The maximum Gasteiger partial charge on any atom is 0.222 e. The molecule has 1 N–H and O–H groups in total. The number of hydrogen-bond donors (Lipinski definition) is 1. The number of nitrogens with one attached hydrogen (secondary N) is 1. The number of amides is 1. The first-order valence-electron chi connectivity index (χ1n) is 9.58. The number of carbonyl (C=O) groups excluding carboxylic acids is 1. The van der Waals surface area contributed by atoms with Crippen molar-refractivity contribution in [3.8, 4) is 5.75 Å². The van der Waals surface area contributed by atoms with Crippen molar-refractivity contribution in [3.05, 3.63) is 64.2 Å². The molecule has 0 saturated carbocycles. The number of carbonyl (C=O) groups is 1. The maximum absolute atomic E-state index is 11.6. The van der Waals surface area contributed by atoms with Crippen LogP contribution in [0.3, 0.4) is 0 Å². The molecular weight excluding hydrogens is 360 g/mol. The summed E-state index contributed by atoms with van der Waals surface area (Å²) in [5, 5.41) is 4.15. The predicted octanol–water partition coefficient (Wildman–Crippen LogP) is 4.33. The van der Waals surface area contributed by atoms with Crippen LogP contribution in [0.1, 0.15) is 36.0 Å². The van der Waals surface area contributed by atoms with Crippen molar-refractivity contribution < 1.29 is 9.53 Å². The number of hydrogen-bond acceptors (Lipinski definition) is 3. The average molecular weight is 387 g/mol. The lowest BCUT2D eigenvalue weighted by atomic mass is 10.1. The molecule has 0 bridgehead atoms. The molecule has 1 amide bonds. The first kappa shape index (κ1) is 19.7. The summed E-state index contributed by atoms with van der Waals surface area (Å²) in [5.74, 6) is 1.14. The topological polar surface area (TPSA) is 41.6 Å². The highest BCUT2D eigenvalue weighted by molar-refractivity contribution is 6.30. The summed E-state index contributed by atoms with van der Waals surface area (Å²) < 4.78 is 6.06. The van der Waals surface area contributed by atoms with Crippen molar-refractivity contribution in [1.82, 2.24) is 10.2 Å². The van der Waals surface area contributed by atoms with Crippen molar-refractivity contribution >= 4 is 17.5 Å². The van der Waals surface area contributed by atoms with Gasteiger partial charge in [0.25, 0.3) is 0 Å². The van der Waals surface area contributed by atoms with E-state index in [1.54, 1.807) is 0 Å². The fraction of sp³-hybridized carbons (Fsp3) is 0.409. The van der Waals surface area contributed by atoms with Gasteiger partial charge in [0, 0.05) is 36.6 Å². The summed E-state index contributed by atoms with van der Waals surface area (Å²) in [6, 6.07) is 14.0. The van der Waals surface area contributed by atoms with Crippen LogP contribution in [0.5, 0.6) is 5.75 Å². The molecule has 1 aliphatic heterocycles. The Kier molecular flexibility index (Phi) is 7.13. The zero-order valence-corrected chi connectivity index (χ0v) is 16.6. The molecule has 0 aliphatic carbocycles. The number of aryl methyl sites for hydroxylation is 1. The molecule has 1 aliphatic rings. The van der Waals surface area contributed by atoms with Gasteiger partial charge in [-0.3, -0.25) is 4.79 Å². The minimum atomic E-state index is 0.289. The lowest BCUT2D eigenvalue weighted by Gasteiger charge is -2.16. The minimum absolute atomic E-state index is 0.289. The molecule has 0 aromatic heterocycles. The van der Waals surface area contributed by atoms with Crippen LogP contribution in [0, 0.1) is 6.92 Å². The van der Waals surface area contributed by atoms with Gasteiger partial charge in [0.2, 0.25) is 5.91 Å². The molecule has 2 aromatic rings. The van der Waals surface area contributed by atoms with E-state index in [0.29, 0.717) is 24.6 Å². The van der Waals surface area contributed by atoms with Crippen LogP contribution in [0.4, 0.5) is 0 Å². The van der Waals surface area contributed by atoms with E-state index in [0.717, 1.165) is 43.8 Å². The Labute approximate surface area is 166 Å². The Bertz CT molecular complexity index is 779. The van der Waals surface area contributed by atoms with Crippen LogP contribution in [0.25, 0.3) is 0 Å². The van der Waals surface area contributed by atoms with Gasteiger partial charge in [-0.25, -0.2) is 0 Å². The first-order valence-corrected chi connectivity index (χ1v) is 9.95. The zero-order valence-electron chi connectivity index (χ0n) is 15.8. The molecule has 1 saturated heterocycles. The van der Waals surface area contributed by atoms with Crippen molar-refractivity contribution in [3.63, 3.8) is 0 Å². The van der Waals surface area contributed by atoms with E-state index in [2.05, 4.69) is 24.4 Å². The second kappa shape index (κ2) is 9.77. The molecule has 5 heteroatoms. The third kappa shape index (κ3) is 5.72. The normalized spacial score (nSPS) is 14.0. The van der Waals surface area contributed by atoms with Gasteiger partial charge in [0.1, 0.15) is 12.4 Å². The van der Waals surface area contributed by atoms with E-state index in [9.17, 15) is 4.79 Å². The van der Waals surface area contributed by atoms with Crippen molar-refractivity contribution in [1.29, 1.82) is 0 Å². The second-order valence-electron chi connectivity index (χ2n) is 6.98. The van der Waals surface area contributed by atoms with Gasteiger partial charge in [0.15, 0.2) is 0 Å². The fourth-order valence-electron chi connectivity index (χ4n) is 3.31. The Hall–Kier alpha value is -2.04. The predicted molar refractivity (Wildman–Crippen MR) is 109 cm³/mol. The SMILES string of the molecule is Cc1ccccc1COc1ccc(Cl)cc1CNCCCN1CCCC1=O. The minimum Gasteiger partial charge on any atom is -0.489 e. The van der Waals surface area contributed by atoms with Crippen molar-refractivity contribution in [2.45, 2.75) is 39.3 Å². The second-order valence-corrected chi connectivity index (χ2v) is 7.42. The fourth-order valence-corrected chi connectivity index (χ4v) is 3.51. The Balaban J connectivity index is 1.49. The highest BCUT2D eigenvalue weighted by Gasteiger charge is 2.18. The third-order valence-electron chi connectivity index (χ3n) is 4.94. The Morgan fingerprint density at radius 3 is 2.81 bits per heavy atom. The van der Waals surface area contributed by atoms with Crippen LogP contribution in [-0.2, 0) is 17.9 Å². The van der Waals surface area contributed by atoms with Gasteiger partial charge in [0.05, 0.1) is 0 Å². The highest BCUT2D eigenvalue weighted by atomic mass is 35.5. The molecule has 0 radical (unpaired) electrons. The quantitative estimate of drug-likeness (QED) is 0.652. The lowest BCUT2D eigenvalue weighted by molar-refractivity contribution is -0.127. The zero-order chi connectivity index (χ0) is 19.1. The average Bonchev–Trinajstić information content (AvgIpc) is 3.07. The van der Waals surface area contributed by atoms with E-state index in [-0.39, 0.29) is 5.91 Å². The van der Waals surface area contributed by atoms with Crippen LogP contribution in [0.2, 0.25) is 5.02 Å². The van der Waals surface area contributed by atoms with E-state index >= 15 is 0 Å². The molecule has 27 heavy (non-hydrogen) atoms. The largest absolute Gasteiger partial charge is 0.489 e. The number of ether oxygens (including phenoxy) is 1. The van der Waals surface area contributed by atoms with E-state index in [1.165, 1.54) is 11.1 Å². The summed E-state index contributed by atoms with van der Waals surface area (Å²) in [5.41, 5.74) is 3.46. The van der Waals surface area contributed by atoms with E-state index < -0.39 is 0 Å². The summed E-state index contributed by atoms with van der Waals surface area (Å²) >= 11 is 6.17. The molecule has 0 spiro atoms. The summed E-state index contributed by atoms with van der Waals surface area (Å²) in [6.45, 7) is 5.92. The first-order chi connectivity index (χ1) is 13.1. The molecular formula is C22H27ClN2O2. The molecule has 144 valence electrons. The summed E-state index contributed by atoms with van der Waals surface area (Å²) in [7, 11) is 0. The van der Waals surface area contributed by atoms with E-state index in [4.69, 9.17) is 16.3 Å². The molecule has 2 aromatic carbocycles. The molecule has 0 atom stereocenters. The smallest absolute Gasteiger partial charge is 0.222 e. The Morgan fingerprint density at radius 2 is 2.04 bits per heavy atom. The van der Waals surface area contributed by atoms with Crippen LogP contribution < -0.4 is 10.1 Å². The maximum atomic E-state index is 11.6. The number of rotatable bonds is 9. The van der Waals surface area contributed by atoms with Crippen molar-refractivity contribution in [2.75, 3.05) is 19.6 Å². The van der Waals surface area contributed by atoms with Gasteiger partial charge in [-0.1, -0.05) is 35.9 Å². The van der Waals surface area contributed by atoms with Crippen LogP contribution in [-0.4, -0.2) is 30.4 Å². The number of likely N-dealkylation sites (tertiary alicyclic amines) is 1. The van der Waals surface area contributed by atoms with Gasteiger partial charge >= 0.3 is 0 Å². The summed E-state index contributed by atoms with van der Waals surface area (Å²) in [4.78, 5) is 13.6. The van der Waals surface area contributed by atoms with Crippen LogP contribution >= 0.6 is 11.6 Å². The van der Waals surface area contributed by atoms with E-state index in [1.807, 2.05) is 35.2 Å². The highest BCUT2D eigenvalue weighted by Crippen LogP contribution is 2.24. The standard InChI is InChI=1S/C22H27ClN2O2/c1-17-6-2-3-7-18(17)16-27-21-10-9-20(23)14-19(21)15-24-11-5-13-25-12-4-8-22(25)26/h2-3,6-7,9-10,14,24H,4-5,8,11-13,15-16H2,1H3.